The minimum atomic E-state index is -5.21. The first-order valence-corrected chi connectivity index (χ1v) is 5.20. The van der Waals surface area contributed by atoms with Crippen LogP contribution in [-0.2, 0) is 12.9 Å². The van der Waals surface area contributed by atoms with Gasteiger partial charge in [-0.2, -0.15) is 13.2 Å². The van der Waals surface area contributed by atoms with Crippen molar-refractivity contribution in [1.82, 2.24) is 4.98 Å². The number of alkyl halides is 7. The lowest BCUT2D eigenvalue weighted by Crippen LogP contribution is -2.21. The third kappa shape index (κ3) is 3.59. The van der Waals surface area contributed by atoms with Gasteiger partial charge in [0.25, 0.3) is 0 Å². The van der Waals surface area contributed by atoms with E-state index in [1.807, 2.05) is 0 Å². The number of hydrogen-bond acceptors (Lipinski definition) is 2. The maximum absolute atomic E-state index is 12.4. The lowest BCUT2D eigenvalue weighted by atomic mass is 10.2. The second-order valence-corrected chi connectivity index (χ2v) is 4.03. The number of nitrogens with zero attached hydrogens (tertiary/aromatic N) is 1. The van der Waals surface area contributed by atoms with Crippen molar-refractivity contribution >= 4 is 22.6 Å². The quantitative estimate of drug-likeness (QED) is 0.562. The molecule has 1 heterocycles. The Morgan fingerprint density at radius 1 is 1.17 bits per heavy atom. The molecule has 0 saturated carbocycles. The lowest BCUT2D eigenvalue weighted by Gasteiger charge is -2.16. The van der Waals surface area contributed by atoms with Crippen LogP contribution in [0.25, 0.3) is 0 Å². The summed E-state index contributed by atoms with van der Waals surface area (Å²) in [7, 11) is 0. The first-order chi connectivity index (χ1) is 8.06. The molecule has 0 aliphatic heterocycles. The largest absolute Gasteiger partial charge is 0.573 e. The van der Waals surface area contributed by atoms with E-state index in [0.717, 1.165) is 22.6 Å². The number of halogens is 8. The van der Waals surface area contributed by atoms with Gasteiger partial charge in [0.2, 0.25) is 0 Å². The smallest absolute Gasteiger partial charge is 0.404 e. The summed E-state index contributed by atoms with van der Waals surface area (Å²) in [5.74, 6) is -1.21. The molecule has 0 N–H and O–H groups in total. The minimum Gasteiger partial charge on any atom is -0.404 e. The Bertz CT molecular complexity index is 442. The number of pyridine rings is 1. The van der Waals surface area contributed by atoms with Crippen LogP contribution in [-0.4, -0.2) is 11.3 Å². The SMILES string of the molecule is FCc1cnc(C(F)(F)F)c(I)c1OC(F)(F)F. The molecule has 0 atom stereocenters. The zero-order valence-corrected chi connectivity index (χ0v) is 10.3. The number of hydrogen-bond donors (Lipinski definition) is 0. The van der Waals surface area contributed by atoms with Gasteiger partial charge in [-0.15, -0.1) is 13.2 Å². The van der Waals surface area contributed by atoms with Gasteiger partial charge >= 0.3 is 12.5 Å². The van der Waals surface area contributed by atoms with E-state index in [-0.39, 0.29) is 0 Å². The summed E-state index contributed by atoms with van der Waals surface area (Å²) in [5.41, 5.74) is -2.26. The van der Waals surface area contributed by atoms with Crippen molar-refractivity contribution in [3.8, 4) is 5.75 Å². The van der Waals surface area contributed by atoms with E-state index in [2.05, 4.69) is 9.72 Å². The molecule has 0 aliphatic rings. The molecule has 0 radical (unpaired) electrons. The molecular formula is C8H3F7INO. The molecule has 102 valence electrons. The molecule has 0 aromatic carbocycles. The van der Waals surface area contributed by atoms with Crippen LogP contribution in [0.3, 0.4) is 0 Å². The predicted octanol–water partition coefficient (Wildman–Crippen LogP) is 4.07. The Morgan fingerprint density at radius 2 is 1.72 bits per heavy atom. The van der Waals surface area contributed by atoms with Gasteiger partial charge < -0.3 is 4.74 Å². The van der Waals surface area contributed by atoms with Crippen molar-refractivity contribution in [2.45, 2.75) is 19.2 Å². The third-order valence-electron chi connectivity index (χ3n) is 1.68. The van der Waals surface area contributed by atoms with Crippen LogP contribution in [0.15, 0.2) is 6.20 Å². The van der Waals surface area contributed by atoms with E-state index in [1.165, 1.54) is 0 Å². The first-order valence-electron chi connectivity index (χ1n) is 4.12. The molecule has 1 aromatic rings. The third-order valence-corrected chi connectivity index (χ3v) is 2.68. The first kappa shape index (κ1) is 15.2. The Labute approximate surface area is 109 Å². The van der Waals surface area contributed by atoms with Crippen molar-refractivity contribution in [2.24, 2.45) is 0 Å². The van der Waals surface area contributed by atoms with Gasteiger partial charge in [0, 0.05) is 11.8 Å². The summed E-state index contributed by atoms with van der Waals surface area (Å²) in [6.07, 6.45) is -9.80. The van der Waals surface area contributed by atoms with Gasteiger partial charge in [-0.1, -0.05) is 0 Å². The van der Waals surface area contributed by atoms with Gasteiger partial charge in [-0.25, -0.2) is 4.39 Å². The molecule has 0 amide bonds. The summed E-state index contributed by atoms with van der Waals surface area (Å²) < 4.78 is 88.1. The topological polar surface area (TPSA) is 22.1 Å². The normalized spacial score (nSPS) is 12.7. The molecule has 1 aromatic heterocycles. The molecule has 10 heteroatoms. The maximum Gasteiger partial charge on any atom is 0.573 e. The molecule has 0 unspecified atom stereocenters. The molecule has 2 nitrogen and oxygen atoms in total. The van der Waals surface area contributed by atoms with Gasteiger partial charge in [0.1, 0.15) is 6.67 Å². The molecule has 0 fully saturated rings. The van der Waals surface area contributed by atoms with Crippen LogP contribution in [0.4, 0.5) is 30.7 Å². The van der Waals surface area contributed by atoms with Crippen LogP contribution in [0.2, 0.25) is 0 Å². The van der Waals surface area contributed by atoms with Gasteiger partial charge in [-0.05, 0) is 22.6 Å². The Morgan fingerprint density at radius 3 is 2.11 bits per heavy atom. The molecule has 18 heavy (non-hydrogen) atoms. The molecule has 1 rings (SSSR count). The number of ether oxygens (including phenoxy) is 1. The second kappa shape index (κ2) is 5.05. The summed E-state index contributed by atoms with van der Waals surface area (Å²) in [4.78, 5) is 2.89. The zero-order valence-electron chi connectivity index (χ0n) is 8.16. The van der Waals surface area contributed by atoms with Gasteiger partial charge in [0.15, 0.2) is 11.4 Å². The fourth-order valence-electron chi connectivity index (χ4n) is 1.03. The highest BCUT2D eigenvalue weighted by atomic mass is 127. The average Bonchev–Trinajstić information content (AvgIpc) is 2.17. The summed E-state index contributed by atoms with van der Waals surface area (Å²) in [6, 6.07) is 0. The summed E-state index contributed by atoms with van der Waals surface area (Å²) >= 11 is 0.981. The van der Waals surface area contributed by atoms with Gasteiger partial charge in [0.05, 0.1) is 3.57 Å². The van der Waals surface area contributed by atoms with Crippen molar-refractivity contribution in [3.05, 3.63) is 21.0 Å². The molecule has 0 aliphatic carbocycles. The standard InChI is InChI=1S/C8H3F7INO/c9-1-3-2-17-6(7(10,11)12)4(16)5(3)18-8(13,14)15/h2H,1H2. The molecular weight excluding hydrogens is 386 g/mol. The molecule has 0 spiro atoms. The Kier molecular flexibility index (Phi) is 4.28. The van der Waals surface area contributed by atoms with Crippen molar-refractivity contribution in [2.75, 3.05) is 0 Å². The number of rotatable bonds is 2. The van der Waals surface area contributed by atoms with Crippen molar-refractivity contribution in [3.63, 3.8) is 0 Å². The monoisotopic (exact) mass is 389 g/mol. The minimum absolute atomic E-state index is 0.367. The van der Waals surface area contributed by atoms with E-state index in [1.54, 1.807) is 0 Å². The highest BCUT2D eigenvalue weighted by Gasteiger charge is 2.40. The van der Waals surface area contributed by atoms with Crippen LogP contribution < -0.4 is 4.74 Å². The van der Waals surface area contributed by atoms with Crippen LogP contribution in [0.1, 0.15) is 11.3 Å². The second-order valence-electron chi connectivity index (χ2n) is 2.95. The van der Waals surface area contributed by atoms with E-state index in [9.17, 15) is 30.7 Å². The number of aromatic nitrogens is 1. The van der Waals surface area contributed by atoms with E-state index in [0.29, 0.717) is 6.20 Å². The maximum atomic E-state index is 12.4. The summed E-state index contributed by atoms with van der Waals surface area (Å²) in [5, 5.41) is 0. The zero-order chi connectivity index (χ0) is 14.1. The van der Waals surface area contributed by atoms with Crippen LogP contribution in [0.5, 0.6) is 5.75 Å². The Balaban J connectivity index is 3.37. The van der Waals surface area contributed by atoms with Crippen molar-refractivity contribution in [1.29, 1.82) is 0 Å². The fourth-order valence-corrected chi connectivity index (χ4v) is 1.93. The van der Waals surface area contributed by atoms with Crippen molar-refractivity contribution < 1.29 is 35.5 Å². The summed E-state index contributed by atoms with van der Waals surface area (Å²) in [6.45, 7) is -1.42. The Hall–Kier alpha value is -0.810. The van der Waals surface area contributed by atoms with Crippen LogP contribution in [0, 0.1) is 3.57 Å². The average molecular weight is 389 g/mol. The van der Waals surface area contributed by atoms with Crippen LogP contribution >= 0.6 is 22.6 Å². The van der Waals surface area contributed by atoms with E-state index < -0.39 is 39.8 Å². The van der Waals surface area contributed by atoms with E-state index in [4.69, 9.17) is 0 Å². The lowest BCUT2D eigenvalue weighted by molar-refractivity contribution is -0.275. The van der Waals surface area contributed by atoms with E-state index >= 15 is 0 Å². The molecule has 0 bridgehead atoms. The highest BCUT2D eigenvalue weighted by Crippen LogP contribution is 2.39. The highest BCUT2D eigenvalue weighted by molar-refractivity contribution is 14.1. The van der Waals surface area contributed by atoms with Gasteiger partial charge in [-0.3, -0.25) is 4.98 Å². The predicted molar refractivity (Wildman–Crippen MR) is 53.5 cm³/mol. The fraction of sp³-hybridized carbons (Fsp3) is 0.375. The molecule has 0 saturated heterocycles.